The lowest BCUT2D eigenvalue weighted by atomic mass is 10.3. The van der Waals surface area contributed by atoms with Crippen LogP contribution in [0.2, 0.25) is 5.02 Å². The topological polar surface area (TPSA) is 98.0 Å². The molecular weight excluding hydrogens is 312 g/mol. The minimum Gasteiger partial charge on any atom is -0.368 e. The minimum atomic E-state index is -3.36. The molecule has 2 aromatic rings. The summed E-state index contributed by atoms with van der Waals surface area (Å²) < 4.78 is 24.5. The summed E-state index contributed by atoms with van der Waals surface area (Å²) in [6.07, 6.45) is 1.90. The van der Waals surface area contributed by atoms with Gasteiger partial charge in [0.05, 0.1) is 22.5 Å². The van der Waals surface area contributed by atoms with Gasteiger partial charge < -0.3 is 11.1 Å². The molecule has 1 heterocycles. The van der Waals surface area contributed by atoms with Crippen molar-refractivity contribution >= 4 is 38.9 Å². The first-order valence-corrected chi connectivity index (χ1v) is 8.34. The van der Waals surface area contributed by atoms with E-state index in [1.165, 1.54) is 6.20 Å². The van der Waals surface area contributed by atoms with Gasteiger partial charge in [0.25, 0.3) is 0 Å². The van der Waals surface area contributed by atoms with Crippen molar-refractivity contribution in [1.29, 1.82) is 0 Å². The highest BCUT2D eigenvalue weighted by molar-refractivity contribution is 7.91. The first kappa shape index (κ1) is 15.5. The second kappa shape index (κ2) is 6.28. The van der Waals surface area contributed by atoms with Crippen LogP contribution in [0, 0.1) is 0 Å². The van der Waals surface area contributed by atoms with Crippen molar-refractivity contribution in [3.8, 4) is 0 Å². The summed E-state index contributed by atoms with van der Waals surface area (Å²) in [6.45, 7) is 1.82. The molecule has 0 saturated carbocycles. The van der Waals surface area contributed by atoms with E-state index in [0.717, 1.165) is 0 Å². The van der Waals surface area contributed by atoms with Gasteiger partial charge in [-0.25, -0.2) is 13.4 Å². The zero-order valence-electron chi connectivity index (χ0n) is 11.4. The van der Waals surface area contributed by atoms with Crippen LogP contribution in [0.15, 0.2) is 35.4 Å². The first-order chi connectivity index (χ1) is 9.94. The molecule has 21 heavy (non-hydrogen) atoms. The van der Waals surface area contributed by atoms with Crippen LogP contribution in [0.3, 0.4) is 0 Å². The molecule has 1 aromatic carbocycles. The standard InChI is InChI=1S/C13H15ClN4O2S/c1-2-7-21(19,20)11-6-4-3-5-10(11)17-12-9(14)8-16-13(15)18-12/h3-6,8H,2,7H2,1H3,(H3,15,16,17,18). The van der Waals surface area contributed by atoms with E-state index in [9.17, 15) is 8.42 Å². The number of rotatable bonds is 5. The predicted octanol–water partition coefficient (Wildman–Crippen LogP) is 2.64. The molecule has 0 fully saturated rings. The van der Waals surface area contributed by atoms with E-state index < -0.39 is 9.84 Å². The predicted molar refractivity (Wildman–Crippen MR) is 83.5 cm³/mol. The lowest BCUT2D eigenvalue weighted by molar-refractivity contribution is 0.595. The van der Waals surface area contributed by atoms with Crippen molar-refractivity contribution in [2.45, 2.75) is 18.2 Å². The molecule has 2 rings (SSSR count). The fourth-order valence-corrected chi connectivity index (χ4v) is 3.45. The van der Waals surface area contributed by atoms with Crippen LogP contribution in [-0.4, -0.2) is 24.1 Å². The van der Waals surface area contributed by atoms with Crippen molar-refractivity contribution in [1.82, 2.24) is 9.97 Å². The summed E-state index contributed by atoms with van der Waals surface area (Å²) in [5, 5.41) is 3.16. The summed E-state index contributed by atoms with van der Waals surface area (Å²) in [4.78, 5) is 7.93. The average Bonchev–Trinajstić information content (AvgIpc) is 2.43. The molecule has 1 aromatic heterocycles. The molecule has 6 nitrogen and oxygen atoms in total. The number of halogens is 1. The van der Waals surface area contributed by atoms with Gasteiger partial charge in [-0.15, -0.1) is 0 Å². The van der Waals surface area contributed by atoms with Crippen LogP contribution in [0.4, 0.5) is 17.5 Å². The number of hydrogen-bond acceptors (Lipinski definition) is 6. The Labute approximate surface area is 128 Å². The molecule has 8 heteroatoms. The minimum absolute atomic E-state index is 0.0517. The number of nitrogen functional groups attached to an aromatic ring is 1. The van der Waals surface area contributed by atoms with Crippen LogP contribution >= 0.6 is 11.6 Å². The number of nitrogens with zero attached hydrogens (tertiary/aromatic N) is 2. The molecule has 0 aliphatic carbocycles. The van der Waals surface area contributed by atoms with Gasteiger partial charge in [-0.3, -0.25) is 0 Å². The van der Waals surface area contributed by atoms with Gasteiger partial charge in [-0.1, -0.05) is 30.7 Å². The van der Waals surface area contributed by atoms with E-state index in [1.54, 1.807) is 24.3 Å². The van der Waals surface area contributed by atoms with E-state index in [4.69, 9.17) is 17.3 Å². The summed E-state index contributed by atoms with van der Waals surface area (Å²) in [6, 6.07) is 6.60. The largest absolute Gasteiger partial charge is 0.368 e. The van der Waals surface area contributed by atoms with Crippen molar-refractivity contribution in [3.05, 3.63) is 35.5 Å². The van der Waals surface area contributed by atoms with Crippen molar-refractivity contribution < 1.29 is 8.42 Å². The molecule has 0 spiro atoms. The highest BCUT2D eigenvalue weighted by Crippen LogP contribution is 2.28. The fourth-order valence-electron chi connectivity index (χ4n) is 1.82. The number of anilines is 3. The fraction of sp³-hybridized carbons (Fsp3) is 0.231. The Bertz CT molecular complexity index is 750. The molecule has 0 radical (unpaired) electrons. The monoisotopic (exact) mass is 326 g/mol. The van der Waals surface area contributed by atoms with Crippen molar-refractivity contribution in [2.24, 2.45) is 0 Å². The van der Waals surface area contributed by atoms with E-state index >= 15 is 0 Å². The van der Waals surface area contributed by atoms with Gasteiger partial charge in [0.1, 0.15) is 5.02 Å². The lowest BCUT2D eigenvalue weighted by Crippen LogP contribution is -2.09. The normalized spacial score (nSPS) is 11.3. The smallest absolute Gasteiger partial charge is 0.222 e. The van der Waals surface area contributed by atoms with Gasteiger partial charge in [0, 0.05) is 0 Å². The van der Waals surface area contributed by atoms with E-state index in [1.807, 2.05) is 6.92 Å². The second-order valence-corrected chi connectivity index (χ2v) is 6.85. The van der Waals surface area contributed by atoms with Crippen LogP contribution in [0.25, 0.3) is 0 Å². The van der Waals surface area contributed by atoms with Crippen molar-refractivity contribution in [2.75, 3.05) is 16.8 Å². The molecule has 3 N–H and O–H groups in total. The second-order valence-electron chi connectivity index (χ2n) is 4.36. The summed E-state index contributed by atoms with van der Waals surface area (Å²) in [5.41, 5.74) is 5.92. The molecule has 112 valence electrons. The Morgan fingerprint density at radius 1 is 1.33 bits per heavy atom. The van der Waals surface area contributed by atoms with Gasteiger partial charge in [-0.05, 0) is 18.6 Å². The maximum absolute atomic E-state index is 12.3. The molecule has 0 aliphatic heterocycles. The van der Waals surface area contributed by atoms with Crippen LogP contribution in [-0.2, 0) is 9.84 Å². The highest BCUT2D eigenvalue weighted by Gasteiger charge is 2.18. The summed E-state index contributed by atoms with van der Waals surface area (Å²) >= 11 is 5.98. The van der Waals surface area contributed by atoms with Crippen LogP contribution in [0.1, 0.15) is 13.3 Å². The number of nitrogens with two attached hydrogens (primary N) is 1. The van der Waals surface area contributed by atoms with Crippen molar-refractivity contribution in [3.63, 3.8) is 0 Å². The third-order valence-electron chi connectivity index (χ3n) is 2.71. The Morgan fingerprint density at radius 3 is 2.76 bits per heavy atom. The molecular formula is C13H15ClN4O2S. The van der Waals surface area contributed by atoms with E-state index in [-0.39, 0.29) is 27.4 Å². The number of aromatic nitrogens is 2. The Balaban J connectivity index is 2.44. The summed E-state index contributed by atoms with van der Waals surface area (Å²) in [7, 11) is -3.36. The maximum Gasteiger partial charge on any atom is 0.222 e. The first-order valence-electron chi connectivity index (χ1n) is 6.31. The zero-order valence-corrected chi connectivity index (χ0v) is 12.9. The van der Waals surface area contributed by atoms with Gasteiger partial charge in [0.15, 0.2) is 15.7 Å². The number of sulfone groups is 1. The quantitative estimate of drug-likeness (QED) is 0.876. The highest BCUT2D eigenvalue weighted by atomic mass is 35.5. The SMILES string of the molecule is CCCS(=O)(=O)c1ccccc1Nc1nc(N)ncc1Cl. The number of para-hydroxylation sites is 1. The van der Waals surface area contributed by atoms with E-state index in [2.05, 4.69) is 15.3 Å². The van der Waals surface area contributed by atoms with Gasteiger partial charge in [-0.2, -0.15) is 4.98 Å². The molecule has 0 atom stereocenters. The average molecular weight is 327 g/mol. The number of benzene rings is 1. The molecule has 0 amide bonds. The maximum atomic E-state index is 12.3. The molecule has 0 aliphatic rings. The third kappa shape index (κ3) is 3.62. The number of hydrogen-bond donors (Lipinski definition) is 2. The van der Waals surface area contributed by atoms with Gasteiger partial charge >= 0.3 is 0 Å². The zero-order chi connectivity index (χ0) is 15.5. The van der Waals surface area contributed by atoms with E-state index in [0.29, 0.717) is 12.1 Å². The third-order valence-corrected chi connectivity index (χ3v) is 4.96. The van der Waals surface area contributed by atoms with Gasteiger partial charge in [0.2, 0.25) is 5.95 Å². The van der Waals surface area contributed by atoms with Crippen LogP contribution < -0.4 is 11.1 Å². The lowest BCUT2D eigenvalue weighted by Gasteiger charge is -2.12. The Hall–Kier alpha value is -1.86. The molecule has 0 unspecified atom stereocenters. The summed E-state index contributed by atoms with van der Waals surface area (Å²) in [5.74, 6) is 0.393. The molecule has 0 saturated heterocycles. The Kier molecular flexibility index (Phi) is 4.64. The Morgan fingerprint density at radius 2 is 2.05 bits per heavy atom. The molecule has 0 bridgehead atoms. The number of nitrogens with one attached hydrogen (secondary N) is 1. The van der Waals surface area contributed by atoms with Crippen LogP contribution in [0.5, 0.6) is 0 Å².